The van der Waals surface area contributed by atoms with Crippen LogP contribution in [0, 0.1) is 5.82 Å². The van der Waals surface area contributed by atoms with Gasteiger partial charge in [-0.2, -0.15) is 5.10 Å². The maximum Gasteiger partial charge on any atom is 0.141 e. The van der Waals surface area contributed by atoms with Crippen molar-refractivity contribution in [3.8, 4) is 17.0 Å². The second kappa shape index (κ2) is 5.27. The fourth-order valence-electron chi connectivity index (χ4n) is 1.88. The highest BCUT2D eigenvalue weighted by molar-refractivity contribution is 5.65. The third-order valence-electron chi connectivity index (χ3n) is 2.90. The molecule has 19 heavy (non-hydrogen) atoms. The minimum atomic E-state index is -0.403. The van der Waals surface area contributed by atoms with Crippen LogP contribution in [0.2, 0.25) is 0 Å². The molecule has 0 atom stereocenters. The van der Waals surface area contributed by atoms with E-state index in [-0.39, 0.29) is 6.61 Å². The zero-order valence-corrected chi connectivity index (χ0v) is 11.1. The average molecular weight is 265 g/mol. The van der Waals surface area contributed by atoms with E-state index in [1.165, 1.54) is 18.9 Å². The first-order chi connectivity index (χ1) is 9.08. The van der Waals surface area contributed by atoms with Crippen LogP contribution in [0.4, 0.5) is 10.2 Å². The molecular formula is C13H16FN3O2. The lowest BCUT2D eigenvalue weighted by Gasteiger charge is -2.11. The molecule has 0 bridgehead atoms. The van der Waals surface area contributed by atoms with Crippen molar-refractivity contribution in [2.75, 3.05) is 20.0 Å². The summed E-state index contributed by atoms with van der Waals surface area (Å²) in [4.78, 5) is 0. The number of nitrogens with zero attached hydrogens (tertiary/aromatic N) is 2. The highest BCUT2D eigenvalue weighted by atomic mass is 19.1. The van der Waals surface area contributed by atoms with Gasteiger partial charge in [0.15, 0.2) is 0 Å². The van der Waals surface area contributed by atoms with Gasteiger partial charge in [0, 0.05) is 25.8 Å². The summed E-state index contributed by atoms with van der Waals surface area (Å²) in [5.41, 5.74) is 6.94. The van der Waals surface area contributed by atoms with Crippen molar-refractivity contribution in [2.45, 2.75) is 6.61 Å². The Hall–Kier alpha value is -2.08. The molecule has 5 nitrogen and oxygen atoms in total. The number of nitrogen functional groups attached to an aromatic ring is 1. The second-order valence-electron chi connectivity index (χ2n) is 4.12. The van der Waals surface area contributed by atoms with Gasteiger partial charge in [-0.1, -0.05) is 0 Å². The van der Waals surface area contributed by atoms with E-state index in [2.05, 4.69) is 5.10 Å². The van der Waals surface area contributed by atoms with Crippen molar-refractivity contribution < 1.29 is 13.9 Å². The van der Waals surface area contributed by atoms with E-state index < -0.39 is 5.82 Å². The largest absolute Gasteiger partial charge is 0.496 e. The van der Waals surface area contributed by atoms with Gasteiger partial charge in [0.05, 0.1) is 25.0 Å². The maximum absolute atomic E-state index is 14.5. The van der Waals surface area contributed by atoms with E-state index in [0.29, 0.717) is 28.4 Å². The van der Waals surface area contributed by atoms with Crippen molar-refractivity contribution in [3.05, 3.63) is 29.6 Å². The minimum Gasteiger partial charge on any atom is -0.496 e. The number of aromatic nitrogens is 2. The predicted molar refractivity (Wildman–Crippen MR) is 70.3 cm³/mol. The first kappa shape index (κ1) is 13.4. The topological polar surface area (TPSA) is 62.3 Å². The molecule has 0 fully saturated rings. The molecule has 0 amide bonds. The normalized spacial score (nSPS) is 10.7. The van der Waals surface area contributed by atoms with Gasteiger partial charge < -0.3 is 15.2 Å². The summed E-state index contributed by atoms with van der Waals surface area (Å²) in [7, 11) is 4.70. The number of rotatable bonds is 4. The van der Waals surface area contributed by atoms with Crippen molar-refractivity contribution in [1.29, 1.82) is 0 Å². The number of hydrogen-bond acceptors (Lipinski definition) is 4. The molecule has 0 unspecified atom stereocenters. The van der Waals surface area contributed by atoms with Crippen LogP contribution in [-0.2, 0) is 18.4 Å². The number of nitrogens with two attached hydrogens (primary N) is 1. The van der Waals surface area contributed by atoms with Gasteiger partial charge in [-0.05, 0) is 12.1 Å². The lowest BCUT2D eigenvalue weighted by molar-refractivity contribution is 0.178. The summed E-state index contributed by atoms with van der Waals surface area (Å²) in [6, 6.07) is 4.94. The molecule has 102 valence electrons. The molecular weight excluding hydrogens is 249 g/mol. The van der Waals surface area contributed by atoms with Crippen LogP contribution < -0.4 is 10.5 Å². The molecule has 0 saturated heterocycles. The summed E-state index contributed by atoms with van der Waals surface area (Å²) >= 11 is 0. The zero-order valence-electron chi connectivity index (χ0n) is 11.1. The van der Waals surface area contributed by atoms with Gasteiger partial charge in [0.1, 0.15) is 17.4 Å². The summed E-state index contributed by atoms with van der Waals surface area (Å²) < 4.78 is 26.1. The van der Waals surface area contributed by atoms with Gasteiger partial charge in [-0.25, -0.2) is 4.39 Å². The summed E-state index contributed by atoms with van der Waals surface area (Å²) in [5, 5.41) is 4.17. The molecule has 1 aromatic heterocycles. The number of hydrogen-bond donors (Lipinski definition) is 1. The molecule has 2 N–H and O–H groups in total. The second-order valence-corrected chi connectivity index (χ2v) is 4.12. The number of ether oxygens (including phenoxy) is 2. The molecule has 2 aromatic rings. The Morgan fingerprint density at radius 1 is 1.37 bits per heavy atom. The average Bonchev–Trinajstić information content (AvgIpc) is 2.72. The summed E-state index contributed by atoms with van der Waals surface area (Å²) in [6.45, 7) is 0.130. The van der Waals surface area contributed by atoms with Gasteiger partial charge in [0.2, 0.25) is 0 Å². The fraction of sp³-hybridized carbons (Fsp3) is 0.308. The van der Waals surface area contributed by atoms with Gasteiger partial charge in [-0.15, -0.1) is 0 Å². The van der Waals surface area contributed by atoms with Gasteiger partial charge in [-0.3, -0.25) is 4.68 Å². The Labute approximate surface area is 110 Å². The van der Waals surface area contributed by atoms with E-state index in [1.807, 2.05) is 0 Å². The summed E-state index contributed by atoms with van der Waals surface area (Å²) in [6.07, 6.45) is 0. The van der Waals surface area contributed by atoms with Crippen molar-refractivity contribution in [2.24, 2.45) is 7.05 Å². The molecule has 1 heterocycles. The highest BCUT2D eigenvalue weighted by Gasteiger charge is 2.17. The van der Waals surface area contributed by atoms with Crippen LogP contribution in [0.1, 0.15) is 5.56 Å². The summed E-state index contributed by atoms with van der Waals surface area (Å²) in [5.74, 6) is 0.518. The molecule has 6 heteroatoms. The van der Waals surface area contributed by atoms with Crippen LogP contribution in [-0.4, -0.2) is 24.0 Å². The van der Waals surface area contributed by atoms with Crippen molar-refractivity contribution >= 4 is 5.82 Å². The number of halogens is 1. The molecule has 0 aliphatic heterocycles. The number of aryl methyl sites for hydroxylation is 1. The van der Waals surface area contributed by atoms with Crippen LogP contribution in [0.5, 0.6) is 5.75 Å². The minimum absolute atomic E-state index is 0.130. The standard InChI is InChI=1S/C13H16FN3O2/c1-17-12(15)6-10(16-17)8-4-5-11(19-3)9(7-18-2)13(8)14/h4-6H,7,15H2,1-3H3. The Morgan fingerprint density at radius 2 is 2.11 bits per heavy atom. The first-order valence-electron chi connectivity index (χ1n) is 5.72. The molecule has 0 radical (unpaired) electrons. The third kappa shape index (κ3) is 2.39. The monoisotopic (exact) mass is 265 g/mol. The lowest BCUT2D eigenvalue weighted by atomic mass is 10.1. The highest BCUT2D eigenvalue weighted by Crippen LogP contribution is 2.31. The van der Waals surface area contributed by atoms with Crippen LogP contribution in [0.3, 0.4) is 0 Å². The molecule has 0 spiro atoms. The Balaban J connectivity index is 2.55. The molecule has 2 rings (SSSR count). The smallest absolute Gasteiger partial charge is 0.141 e. The van der Waals surface area contributed by atoms with Gasteiger partial charge in [0.25, 0.3) is 0 Å². The Bertz CT molecular complexity index is 576. The predicted octanol–water partition coefficient (Wildman–Crippen LogP) is 1.96. The van der Waals surface area contributed by atoms with Crippen LogP contribution in [0.15, 0.2) is 18.2 Å². The third-order valence-corrected chi connectivity index (χ3v) is 2.90. The molecule has 0 saturated carbocycles. The Morgan fingerprint density at radius 3 is 2.63 bits per heavy atom. The zero-order chi connectivity index (χ0) is 14.0. The van der Waals surface area contributed by atoms with Gasteiger partial charge >= 0.3 is 0 Å². The quantitative estimate of drug-likeness (QED) is 0.918. The van der Waals surface area contributed by atoms with E-state index in [4.69, 9.17) is 15.2 Å². The number of anilines is 1. The van der Waals surface area contributed by atoms with E-state index in [9.17, 15) is 4.39 Å². The molecule has 0 aliphatic carbocycles. The SMILES string of the molecule is COCc1c(OC)ccc(-c2cc(N)n(C)n2)c1F. The number of benzene rings is 1. The molecule has 0 aliphatic rings. The van der Waals surface area contributed by atoms with Crippen LogP contribution in [0.25, 0.3) is 11.3 Å². The Kier molecular flexibility index (Phi) is 3.71. The maximum atomic E-state index is 14.5. The van der Waals surface area contributed by atoms with E-state index in [1.54, 1.807) is 25.2 Å². The van der Waals surface area contributed by atoms with Crippen LogP contribution >= 0.6 is 0 Å². The van der Waals surface area contributed by atoms with E-state index >= 15 is 0 Å². The lowest BCUT2D eigenvalue weighted by Crippen LogP contribution is -2.00. The van der Waals surface area contributed by atoms with Crippen molar-refractivity contribution in [3.63, 3.8) is 0 Å². The molecule has 1 aromatic carbocycles. The number of methoxy groups -OCH3 is 2. The first-order valence-corrected chi connectivity index (χ1v) is 5.72. The fourth-order valence-corrected chi connectivity index (χ4v) is 1.88. The van der Waals surface area contributed by atoms with Crippen molar-refractivity contribution in [1.82, 2.24) is 9.78 Å². The van der Waals surface area contributed by atoms with E-state index in [0.717, 1.165) is 0 Å².